The second kappa shape index (κ2) is 8.17. The highest BCUT2D eigenvalue weighted by Gasteiger charge is 2.37. The molecule has 38 heavy (non-hydrogen) atoms. The van der Waals surface area contributed by atoms with Crippen molar-refractivity contribution in [3.05, 3.63) is 88.4 Å². The quantitative estimate of drug-likeness (QED) is 0.148. The molecule has 0 amide bonds. The van der Waals surface area contributed by atoms with Crippen molar-refractivity contribution in [1.29, 1.82) is 0 Å². The van der Waals surface area contributed by atoms with Crippen LogP contribution in [0.3, 0.4) is 0 Å². The summed E-state index contributed by atoms with van der Waals surface area (Å²) in [6, 6.07) is 6.51. The molecule has 3 heterocycles. The van der Waals surface area contributed by atoms with Gasteiger partial charge in [0, 0.05) is 30.3 Å². The Hall–Kier alpha value is -4.15. The van der Waals surface area contributed by atoms with Crippen molar-refractivity contribution in [2.75, 3.05) is 0 Å². The van der Waals surface area contributed by atoms with Crippen LogP contribution < -0.4 is 0 Å². The molecule has 2 aromatic carbocycles. The Morgan fingerprint density at radius 1 is 1.00 bits per heavy atom. The first-order valence-corrected chi connectivity index (χ1v) is 11.7. The SMILES string of the molecule is Cc1nc2cc(-c3cccn4c(C(=O)c5cc(F)c(F)c(F)c5)c(C5CC5)nc34)c(C(F)(F)F)cc2n1C. The number of nitrogens with zero attached hydrogens (tertiary/aromatic N) is 4. The van der Waals surface area contributed by atoms with Gasteiger partial charge in [-0.05, 0) is 61.7 Å². The van der Waals surface area contributed by atoms with E-state index in [0.717, 1.165) is 6.07 Å². The van der Waals surface area contributed by atoms with Gasteiger partial charge in [-0.2, -0.15) is 13.2 Å². The molecule has 5 nitrogen and oxygen atoms in total. The third-order valence-electron chi connectivity index (χ3n) is 6.94. The van der Waals surface area contributed by atoms with Crippen molar-refractivity contribution in [1.82, 2.24) is 18.9 Å². The van der Waals surface area contributed by atoms with Gasteiger partial charge in [0.15, 0.2) is 17.5 Å². The summed E-state index contributed by atoms with van der Waals surface area (Å²) in [5.41, 5.74) is -0.348. The molecule has 0 saturated heterocycles. The normalized spacial score (nSPS) is 14.1. The molecule has 1 fully saturated rings. The Bertz CT molecular complexity index is 1770. The second-order valence-electron chi connectivity index (χ2n) is 9.42. The van der Waals surface area contributed by atoms with Gasteiger partial charge >= 0.3 is 6.18 Å². The molecule has 0 spiro atoms. The Morgan fingerprint density at radius 3 is 2.32 bits per heavy atom. The zero-order chi connectivity index (χ0) is 27.1. The number of pyridine rings is 1. The summed E-state index contributed by atoms with van der Waals surface area (Å²) in [4.78, 5) is 22.4. The number of benzene rings is 2. The molecule has 11 heteroatoms. The molecule has 0 N–H and O–H groups in total. The summed E-state index contributed by atoms with van der Waals surface area (Å²) >= 11 is 0. The number of carbonyl (C=O) groups is 1. The van der Waals surface area contributed by atoms with Crippen LogP contribution in [0.15, 0.2) is 42.6 Å². The lowest BCUT2D eigenvalue weighted by Gasteiger charge is -2.14. The molecule has 1 saturated carbocycles. The molecule has 3 aromatic heterocycles. The average molecular weight is 528 g/mol. The molecular formula is C27H18F6N4O. The first-order chi connectivity index (χ1) is 18.0. The van der Waals surface area contributed by atoms with Crippen LogP contribution >= 0.6 is 0 Å². The Balaban J connectivity index is 1.62. The number of fused-ring (bicyclic) bond motifs is 2. The monoisotopic (exact) mass is 528 g/mol. The van der Waals surface area contributed by atoms with Crippen LogP contribution in [0.1, 0.15) is 51.9 Å². The van der Waals surface area contributed by atoms with Gasteiger partial charge in [-0.25, -0.2) is 23.1 Å². The first-order valence-electron chi connectivity index (χ1n) is 11.7. The van der Waals surface area contributed by atoms with E-state index in [1.54, 1.807) is 18.5 Å². The van der Waals surface area contributed by atoms with E-state index in [1.165, 1.54) is 28.8 Å². The van der Waals surface area contributed by atoms with E-state index in [4.69, 9.17) is 0 Å². The van der Waals surface area contributed by atoms with E-state index < -0.39 is 40.5 Å². The van der Waals surface area contributed by atoms with Gasteiger partial charge in [-0.1, -0.05) is 0 Å². The summed E-state index contributed by atoms with van der Waals surface area (Å²) in [6.07, 6.45) is -1.86. The fourth-order valence-electron chi connectivity index (χ4n) is 4.80. The number of aromatic nitrogens is 4. The minimum Gasteiger partial charge on any atom is -0.331 e. The standard InChI is InChI=1S/C27H18F6N4O/c1-12-34-20-10-16(17(27(31,32)33)11-21(20)36(12)2)15-4-3-7-37-24(23(13-5-6-13)35-26(15)37)25(38)14-8-18(28)22(30)19(29)9-14/h3-4,7-11,13H,5-6H2,1-2H3. The maximum atomic E-state index is 14.3. The predicted octanol–water partition coefficient (Wildman–Crippen LogP) is 6.74. The van der Waals surface area contributed by atoms with Gasteiger partial charge in [0.1, 0.15) is 17.2 Å². The Labute approximate surface area is 211 Å². The molecule has 0 unspecified atom stereocenters. The van der Waals surface area contributed by atoms with Gasteiger partial charge in [-0.3, -0.25) is 9.20 Å². The zero-order valence-electron chi connectivity index (χ0n) is 20.0. The maximum Gasteiger partial charge on any atom is 0.417 e. The van der Waals surface area contributed by atoms with Crippen LogP contribution in [0.25, 0.3) is 27.8 Å². The molecule has 194 valence electrons. The van der Waals surface area contributed by atoms with E-state index in [2.05, 4.69) is 9.97 Å². The number of hydrogen-bond acceptors (Lipinski definition) is 3. The average Bonchev–Trinajstić information content (AvgIpc) is 3.58. The fraction of sp³-hybridized carbons (Fsp3) is 0.222. The second-order valence-corrected chi connectivity index (χ2v) is 9.42. The number of rotatable bonds is 4. The van der Waals surface area contributed by atoms with E-state index >= 15 is 0 Å². The van der Waals surface area contributed by atoms with Crippen LogP contribution in [0.4, 0.5) is 26.3 Å². The lowest BCUT2D eigenvalue weighted by atomic mass is 9.99. The van der Waals surface area contributed by atoms with Crippen molar-refractivity contribution in [2.24, 2.45) is 7.05 Å². The predicted molar refractivity (Wildman–Crippen MR) is 126 cm³/mol. The number of halogens is 6. The molecule has 0 radical (unpaired) electrons. The fourth-order valence-corrected chi connectivity index (χ4v) is 4.80. The zero-order valence-corrected chi connectivity index (χ0v) is 20.0. The van der Waals surface area contributed by atoms with E-state index in [-0.39, 0.29) is 28.4 Å². The van der Waals surface area contributed by atoms with Crippen LogP contribution in [0, 0.1) is 24.4 Å². The third kappa shape index (κ3) is 3.67. The molecule has 5 aromatic rings. The summed E-state index contributed by atoms with van der Waals surface area (Å²) in [5.74, 6) is -5.17. The molecule has 1 aliphatic rings. The number of carbonyl (C=O) groups excluding carboxylic acids is 1. The summed E-state index contributed by atoms with van der Waals surface area (Å²) < 4.78 is 87.1. The molecular weight excluding hydrogens is 510 g/mol. The molecule has 0 bridgehead atoms. The van der Waals surface area contributed by atoms with Gasteiger partial charge < -0.3 is 4.57 Å². The van der Waals surface area contributed by atoms with Crippen LogP contribution in [-0.2, 0) is 13.2 Å². The Kier molecular flexibility index (Phi) is 5.21. The molecule has 0 atom stereocenters. The van der Waals surface area contributed by atoms with Crippen LogP contribution in [-0.4, -0.2) is 24.7 Å². The maximum absolute atomic E-state index is 14.3. The van der Waals surface area contributed by atoms with E-state index in [9.17, 15) is 31.1 Å². The Morgan fingerprint density at radius 2 is 1.68 bits per heavy atom. The number of hydrogen-bond donors (Lipinski definition) is 0. The summed E-state index contributed by atoms with van der Waals surface area (Å²) in [5, 5.41) is 0. The largest absolute Gasteiger partial charge is 0.417 e. The van der Waals surface area contributed by atoms with Gasteiger partial charge in [0.05, 0.1) is 22.3 Å². The lowest BCUT2D eigenvalue weighted by molar-refractivity contribution is -0.137. The van der Waals surface area contributed by atoms with Crippen LogP contribution in [0.2, 0.25) is 0 Å². The highest BCUT2D eigenvalue weighted by Crippen LogP contribution is 2.44. The number of ketones is 1. The molecule has 1 aliphatic carbocycles. The molecule has 0 aliphatic heterocycles. The topological polar surface area (TPSA) is 52.2 Å². The van der Waals surface area contributed by atoms with E-state index in [1.807, 2.05) is 0 Å². The van der Waals surface area contributed by atoms with Gasteiger partial charge in [0.25, 0.3) is 0 Å². The summed E-state index contributed by atoms with van der Waals surface area (Å²) in [6.45, 7) is 1.68. The smallest absolute Gasteiger partial charge is 0.331 e. The van der Waals surface area contributed by atoms with Crippen molar-refractivity contribution in [3.8, 4) is 11.1 Å². The van der Waals surface area contributed by atoms with Crippen molar-refractivity contribution in [2.45, 2.75) is 31.9 Å². The van der Waals surface area contributed by atoms with Crippen molar-refractivity contribution < 1.29 is 31.1 Å². The van der Waals surface area contributed by atoms with Crippen LogP contribution in [0.5, 0.6) is 0 Å². The van der Waals surface area contributed by atoms with E-state index in [0.29, 0.717) is 47.5 Å². The van der Waals surface area contributed by atoms with Crippen molar-refractivity contribution >= 4 is 22.5 Å². The first kappa shape index (κ1) is 24.2. The number of aryl methyl sites for hydroxylation is 2. The lowest BCUT2D eigenvalue weighted by Crippen LogP contribution is -2.10. The molecule has 6 rings (SSSR count). The van der Waals surface area contributed by atoms with Crippen molar-refractivity contribution in [3.63, 3.8) is 0 Å². The van der Waals surface area contributed by atoms with Gasteiger partial charge in [-0.15, -0.1) is 0 Å². The number of imidazole rings is 2. The third-order valence-corrected chi connectivity index (χ3v) is 6.94. The van der Waals surface area contributed by atoms with Gasteiger partial charge in [0.2, 0.25) is 5.78 Å². The minimum atomic E-state index is -4.71. The minimum absolute atomic E-state index is 0.0296. The number of alkyl halides is 3. The highest BCUT2D eigenvalue weighted by atomic mass is 19.4. The highest BCUT2D eigenvalue weighted by molar-refractivity contribution is 6.09. The summed E-state index contributed by atoms with van der Waals surface area (Å²) in [7, 11) is 1.63.